The van der Waals surface area contributed by atoms with Crippen molar-refractivity contribution in [3.05, 3.63) is 60.3 Å². The molecule has 0 radical (unpaired) electrons. The van der Waals surface area contributed by atoms with E-state index in [4.69, 9.17) is 9.15 Å². The van der Waals surface area contributed by atoms with E-state index in [1.54, 1.807) is 43.5 Å². The Balaban J connectivity index is 1.51. The van der Waals surface area contributed by atoms with Gasteiger partial charge in [-0.3, -0.25) is 14.8 Å². The summed E-state index contributed by atoms with van der Waals surface area (Å²) in [4.78, 5) is 20.0. The van der Waals surface area contributed by atoms with Gasteiger partial charge in [-0.05, 0) is 24.3 Å². The van der Waals surface area contributed by atoms with E-state index in [2.05, 4.69) is 15.4 Å². The van der Waals surface area contributed by atoms with Crippen LogP contribution in [0.1, 0.15) is 17.6 Å². The fraction of sp³-hybridized carbons (Fsp3) is 0.167. The van der Waals surface area contributed by atoms with Crippen molar-refractivity contribution in [3.63, 3.8) is 0 Å². The van der Waals surface area contributed by atoms with E-state index in [-0.39, 0.29) is 24.3 Å². The number of fused-ring (bicyclic) bond motifs is 1. The van der Waals surface area contributed by atoms with Crippen molar-refractivity contribution in [3.8, 4) is 11.5 Å². The first-order valence-corrected chi connectivity index (χ1v) is 7.98. The highest BCUT2D eigenvalue weighted by Crippen LogP contribution is 2.26. The summed E-state index contributed by atoms with van der Waals surface area (Å²) in [6.45, 7) is 0.274. The molecular formula is C18H16N4O4. The van der Waals surface area contributed by atoms with Gasteiger partial charge in [0.1, 0.15) is 29.7 Å². The maximum Gasteiger partial charge on any atom is 0.260 e. The lowest BCUT2D eigenvalue weighted by molar-refractivity contribution is -0.128. The molecule has 8 nitrogen and oxygen atoms in total. The Bertz CT molecular complexity index is 981. The van der Waals surface area contributed by atoms with Crippen molar-refractivity contribution in [1.29, 1.82) is 0 Å². The van der Waals surface area contributed by atoms with Crippen molar-refractivity contribution in [1.82, 2.24) is 20.4 Å². The van der Waals surface area contributed by atoms with Crippen molar-refractivity contribution in [2.75, 3.05) is 7.05 Å². The third-order valence-electron chi connectivity index (χ3n) is 3.93. The molecule has 1 atom stereocenters. The van der Waals surface area contributed by atoms with E-state index in [1.165, 1.54) is 17.3 Å². The van der Waals surface area contributed by atoms with Gasteiger partial charge < -0.3 is 14.3 Å². The molecule has 8 heteroatoms. The van der Waals surface area contributed by atoms with Crippen molar-refractivity contribution in [2.45, 2.75) is 12.6 Å². The fourth-order valence-electron chi connectivity index (χ4n) is 2.55. The molecule has 1 aliphatic heterocycles. The standard InChI is InChI=1S/C18H16N4O4/c1-22-17(24)7-5-14(21-22)18-20-15-8-13(4-6-16(15)26-18)25-10-11-2-3-12(23)9-19-11/h2-9,14,21,23H,10H2,1H3. The maximum absolute atomic E-state index is 11.5. The lowest BCUT2D eigenvalue weighted by atomic mass is 10.2. The number of hydrogen-bond donors (Lipinski definition) is 2. The molecule has 0 bridgehead atoms. The number of benzene rings is 1. The van der Waals surface area contributed by atoms with E-state index in [0.29, 0.717) is 28.4 Å². The molecule has 4 rings (SSSR count). The third kappa shape index (κ3) is 3.22. The zero-order chi connectivity index (χ0) is 18.1. The number of oxazole rings is 1. The number of nitrogens with zero attached hydrogens (tertiary/aromatic N) is 3. The van der Waals surface area contributed by atoms with Crippen LogP contribution < -0.4 is 10.2 Å². The molecule has 26 heavy (non-hydrogen) atoms. The minimum absolute atomic E-state index is 0.114. The summed E-state index contributed by atoms with van der Waals surface area (Å²) in [6.07, 6.45) is 4.56. The number of carbonyl (C=O) groups is 1. The summed E-state index contributed by atoms with van der Waals surface area (Å²) < 4.78 is 11.5. The van der Waals surface area contributed by atoms with Crippen LogP contribution in [0.2, 0.25) is 0 Å². The average molecular weight is 352 g/mol. The Labute approximate surface area is 148 Å². The number of nitrogens with one attached hydrogen (secondary N) is 1. The first-order valence-electron chi connectivity index (χ1n) is 7.98. The second-order valence-corrected chi connectivity index (χ2v) is 5.84. The largest absolute Gasteiger partial charge is 0.506 e. The number of amides is 1. The number of likely N-dealkylation sites (N-methyl/N-ethyl adjacent to an activating group) is 1. The highest BCUT2D eigenvalue weighted by Gasteiger charge is 2.22. The molecule has 1 aliphatic rings. The van der Waals surface area contributed by atoms with Gasteiger partial charge in [-0.2, -0.15) is 0 Å². The molecular weight excluding hydrogens is 336 g/mol. The van der Waals surface area contributed by atoms with Crippen molar-refractivity contribution in [2.24, 2.45) is 0 Å². The Morgan fingerprint density at radius 1 is 1.35 bits per heavy atom. The van der Waals surface area contributed by atoms with Crippen LogP contribution in [0.3, 0.4) is 0 Å². The number of ether oxygens (including phenoxy) is 1. The van der Waals surface area contributed by atoms with Gasteiger partial charge >= 0.3 is 0 Å². The monoisotopic (exact) mass is 352 g/mol. The van der Waals surface area contributed by atoms with Crippen molar-refractivity contribution < 1.29 is 19.1 Å². The van der Waals surface area contributed by atoms with Crippen LogP contribution in [0.4, 0.5) is 0 Å². The van der Waals surface area contributed by atoms with Gasteiger partial charge in [0.15, 0.2) is 5.58 Å². The van der Waals surface area contributed by atoms with Gasteiger partial charge in [0, 0.05) is 19.2 Å². The molecule has 0 aliphatic carbocycles. The van der Waals surface area contributed by atoms with Gasteiger partial charge in [0.2, 0.25) is 5.89 Å². The van der Waals surface area contributed by atoms with Crippen LogP contribution in [-0.4, -0.2) is 33.0 Å². The van der Waals surface area contributed by atoms with E-state index in [0.717, 1.165) is 0 Å². The summed E-state index contributed by atoms with van der Waals surface area (Å²) in [5, 5.41) is 10.6. The van der Waals surface area contributed by atoms with E-state index >= 15 is 0 Å². The highest BCUT2D eigenvalue weighted by atomic mass is 16.5. The van der Waals surface area contributed by atoms with Gasteiger partial charge in [0.05, 0.1) is 11.9 Å². The average Bonchev–Trinajstić information content (AvgIpc) is 3.07. The topological polar surface area (TPSA) is 101 Å². The lowest BCUT2D eigenvalue weighted by Crippen LogP contribution is -2.43. The number of hydrogen-bond acceptors (Lipinski definition) is 7. The zero-order valence-corrected chi connectivity index (χ0v) is 13.9. The molecule has 0 spiro atoms. The molecule has 1 amide bonds. The van der Waals surface area contributed by atoms with E-state index in [9.17, 15) is 9.90 Å². The Morgan fingerprint density at radius 3 is 3.00 bits per heavy atom. The number of hydrazine groups is 1. The van der Waals surface area contributed by atoms with Gasteiger partial charge in [0.25, 0.3) is 5.91 Å². The lowest BCUT2D eigenvalue weighted by Gasteiger charge is -2.24. The van der Waals surface area contributed by atoms with Crippen LogP contribution in [0.15, 0.2) is 53.1 Å². The summed E-state index contributed by atoms with van der Waals surface area (Å²) in [5.74, 6) is 1.08. The molecule has 3 aromatic rings. The molecule has 1 aromatic carbocycles. The summed E-state index contributed by atoms with van der Waals surface area (Å²) in [7, 11) is 1.64. The first-order chi connectivity index (χ1) is 12.6. The van der Waals surface area contributed by atoms with Crippen LogP contribution in [-0.2, 0) is 11.4 Å². The van der Waals surface area contributed by atoms with Gasteiger partial charge in [-0.25, -0.2) is 10.4 Å². The quantitative estimate of drug-likeness (QED) is 0.741. The zero-order valence-electron chi connectivity index (χ0n) is 13.9. The van der Waals surface area contributed by atoms with E-state index < -0.39 is 0 Å². The minimum Gasteiger partial charge on any atom is -0.506 e. The van der Waals surface area contributed by atoms with Crippen LogP contribution in [0.25, 0.3) is 11.1 Å². The fourth-order valence-corrected chi connectivity index (χ4v) is 2.55. The number of pyridine rings is 1. The Kier molecular flexibility index (Phi) is 4.02. The molecule has 132 valence electrons. The van der Waals surface area contributed by atoms with Crippen LogP contribution >= 0.6 is 0 Å². The van der Waals surface area contributed by atoms with E-state index in [1.807, 2.05) is 0 Å². The molecule has 3 heterocycles. The molecule has 0 fully saturated rings. The molecule has 0 saturated carbocycles. The summed E-state index contributed by atoms with van der Waals surface area (Å²) in [5.41, 5.74) is 4.98. The summed E-state index contributed by atoms with van der Waals surface area (Å²) >= 11 is 0. The first kappa shape index (κ1) is 16.1. The maximum atomic E-state index is 11.5. The third-order valence-corrected chi connectivity index (χ3v) is 3.93. The Morgan fingerprint density at radius 2 is 2.23 bits per heavy atom. The molecule has 0 saturated heterocycles. The SMILES string of the molecule is CN1NC(c2nc3cc(OCc4ccc(O)cn4)ccc3o2)C=CC1=O. The second kappa shape index (κ2) is 6.49. The molecule has 2 aromatic heterocycles. The Hall–Kier alpha value is -3.39. The molecule has 2 N–H and O–H groups in total. The van der Waals surface area contributed by atoms with Gasteiger partial charge in [-0.1, -0.05) is 6.08 Å². The molecule has 1 unspecified atom stereocenters. The van der Waals surface area contributed by atoms with Crippen molar-refractivity contribution >= 4 is 17.0 Å². The van der Waals surface area contributed by atoms with Crippen LogP contribution in [0, 0.1) is 0 Å². The smallest absolute Gasteiger partial charge is 0.260 e. The predicted octanol–water partition coefficient (Wildman–Crippen LogP) is 2.08. The number of aromatic nitrogens is 2. The summed E-state index contributed by atoms with van der Waals surface area (Å²) in [6, 6.07) is 8.30. The second-order valence-electron chi connectivity index (χ2n) is 5.84. The normalized spacial score (nSPS) is 17.0. The predicted molar refractivity (Wildman–Crippen MR) is 92.0 cm³/mol. The van der Waals surface area contributed by atoms with Crippen LogP contribution in [0.5, 0.6) is 11.5 Å². The highest BCUT2D eigenvalue weighted by molar-refractivity contribution is 5.88. The minimum atomic E-state index is -0.310. The number of carbonyl (C=O) groups excluding carboxylic acids is 1. The number of aromatic hydroxyl groups is 1. The number of rotatable bonds is 4. The van der Waals surface area contributed by atoms with Gasteiger partial charge in [-0.15, -0.1) is 0 Å².